The quantitative estimate of drug-likeness (QED) is 0.670. The maximum absolute atomic E-state index is 11.2. The first-order chi connectivity index (χ1) is 9.38. The largest absolute Gasteiger partial charge is 0.481 e. The van der Waals surface area contributed by atoms with Gasteiger partial charge in [-0.15, -0.1) is 0 Å². The van der Waals surface area contributed by atoms with Crippen LogP contribution in [-0.4, -0.2) is 34.1 Å². The molecule has 0 bridgehead atoms. The third-order valence-electron chi connectivity index (χ3n) is 3.49. The second-order valence-electron chi connectivity index (χ2n) is 5.39. The van der Waals surface area contributed by atoms with Gasteiger partial charge in [-0.05, 0) is 24.8 Å². The van der Waals surface area contributed by atoms with Crippen LogP contribution in [0.4, 0.5) is 11.5 Å². The van der Waals surface area contributed by atoms with Crippen LogP contribution in [0.25, 0.3) is 0 Å². The van der Waals surface area contributed by atoms with Crippen molar-refractivity contribution in [2.75, 3.05) is 18.0 Å². The van der Waals surface area contributed by atoms with Crippen LogP contribution in [-0.2, 0) is 4.79 Å². The molecule has 1 saturated heterocycles. The molecule has 1 N–H and O–H groups in total. The molecule has 0 aliphatic carbocycles. The first-order valence-electron chi connectivity index (χ1n) is 6.47. The van der Waals surface area contributed by atoms with E-state index in [1.165, 1.54) is 6.07 Å². The fraction of sp³-hybridized carbons (Fsp3) is 0.538. The number of carboxylic acids is 1. The molecular weight excluding hydrogens is 262 g/mol. The summed E-state index contributed by atoms with van der Waals surface area (Å²) in [6, 6.07) is 1.47. The van der Waals surface area contributed by atoms with E-state index in [1.807, 2.05) is 6.92 Å². The molecule has 7 nitrogen and oxygen atoms in total. The van der Waals surface area contributed by atoms with Gasteiger partial charge in [-0.25, -0.2) is 4.98 Å². The van der Waals surface area contributed by atoms with Crippen LogP contribution in [0.15, 0.2) is 12.3 Å². The third kappa shape index (κ3) is 2.87. The van der Waals surface area contributed by atoms with Gasteiger partial charge in [-0.3, -0.25) is 14.9 Å². The van der Waals surface area contributed by atoms with Gasteiger partial charge in [0.1, 0.15) is 0 Å². The Morgan fingerprint density at radius 1 is 1.55 bits per heavy atom. The van der Waals surface area contributed by atoms with E-state index >= 15 is 0 Å². The Hall–Kier alpha value is -2.18. The number of nitro groups is 1. The number of pyridine rings is 1. The Labute approximate surface area is 116 Å². The lowest BCUT2D eigenvalue weighted by Gasteiger charge is -2.35. The molecule has 1 aliphatic heterocycles. The Morgan fingerprint density at radius 3 is 2.85 bits per heavy atom. The van der Waals surface area contributed by atoms with Gasteiger partial charge in [0, 0.05) is 25.4 Å². The molecule has 1 fully saturated rings. The van der Waals surface area contributed by atoms with Crippen LogP contribution >= 0.6 is 0 Å². The number of carbonyl (C=O) groups is 1. The highest BCUT2D eigenvalue weighted by Gasteiger charge is 2.33. The Kier molecular flexibility index (Phi) is 3.87. The lowest BCUT2D eigenvalue weighted by Crippen LogP contribution is -2.43. The second kappa shape index (κ2) is 5.44. The molecule has 0 saturated carbocycles. The van der Waals surface area contributed by atoms with E-state index in [4.69, 9.17) is 5.11 Å². The van der Waals surface area contributed by atoms with E-state index in [0.29, 0.717) is 18.5 Å². The molecule has 2 unspecified atom stereocenters. The normalized spacial score (nSPS) is 22.6. The molecule has 108 valence electrons. The van der Waals surface area contributed by atoms with Crippen molar-refractivity contribution < 1.29 is 14.8 Å². The standard InChI is InChI=1S/C13H17N3O4/c1-8-4-11(16(19)20)12(14-5-8)15-6-9(2)3-10(7-15)13(17)18/h4-5,9-10H,3,6-7H2,1-2H3,(H,17,18). The third-order valence-corrected chi connectivity index (χ3v) is 3.49. The first kappa shape index (κ1) is 14.2. The highest BCUT2D eigenvalue weighted by molar-refractivity contribution is 5.72. The fourth-order valence-electron chi connectivity index (χ4n) is 2.63. The minimum Gasteiger partial charge on any atom is -0.481 e. The van der Waals surface area contributed by atoms with E-state index in [-0.39, 0.29) is 24.0 Å². The van der Waals surface area contributed by atoms with Crippen molar-refractivity contribution in [3.63, 3.8) is 0 Å². The molecule has 1 aromatic rings. The number of hydrogen-bond acceptors (Lipinski definition) is 5. The monoisotopic (exact) mass is 279 g/mol. The molecule has 1 aromatic heterocycles. The smallest absolute Gasteiger partial charge is 0.311 e. The number of rotatable bonds is 3. The number of anilines is 1. The van der Waals surface area contributed by atoms with Crippen LogP contribution in [0.3, 0.4) is 0 Å². The summed E-state index contributed by atoms with van der Waals surface area (Å²) in [4.78, 5) is 27.7. The minimum atomic E-state index is -0.865. The average molecular weight is 279 g/mol. The lowest BCUT2D eigenvalue weighted by molar-refractivity contribution is -0.384. The predicted octanol–water partition coefficient (Wildman–Crippen LogP) is 1.85. The van der Waals surface area contributed by atoms with Crippen molar-refractivity contribution in [3.05, 3.63) is 27.9 Å². The zero-order chi connectivity index (χ0) is 14.9. The number of aliphatic carboxylic acids is 1. The molecule has 2 atom stereocenters. The fourth-order valence-corrected chi connectivity index (χ4v) is 2.63. The van der Waals surface area contributed by atoms with Gasteiger partial charge in [-0.2, -0.15) is 0 Å². The maximum atomic E-state index is 11.2. The second-order valence-corrected chi connectivity index (χ2v) is 5.39. The number of hydrogen-bond donors (Lipinski definition) is 1. The topological polar surface area (TPSA) is 96.6 Å². The molecule has 1 aliphatic rings. The van der Waals surface area contributed by atoms with Gasteiger partial charge in [0.15, 0.2) is 0 Å². The van der Waals surface area contributed by atoms with Gasteiger partial charge in [0.05, 0.1) is 10.8 Å². The van der Waals surface area contributed by atoms with Crippen molar-refractivity contribution in [1.82, 2.24) is 4.98 Å². The summed E-state index contributed by atoms with van der Waals surface area (Å²) in [7, 11) is 0. The SMILES string of the molecule is Cc1cnc(N2CC(C)CC(C(=O)O)C2)c([N+](=O)[O-])c1. The summed E-state index contributed by atoms with van der Waals surface area (Å²) in [5, 5.41) is 20.3. The number of aromatic nitrogens is 1. The molecule has 0 aromatic carbocycles. The highest BCUT2D eigenvalue weighted by atomic mass is 16.6. The van der Waals surface area contributed by atoms with Gasteiger partial charge in [0.25, 0.3) is 0 Å². The van der Waals surface area contributed by atoms with Crippen LogP contribution in [0.2, 0.25) is 0 Å². The average Bonchev–Trinajstić information content (AvgIpc) is 2.37. The number of aryl methyl sites for hydroxylation is 1. The lowest BCUT2D eigenvalue weighted by atomic mass is 9.90. The molecule has 2 heterocycles. The molecular formula is C13H17N3O4. The Morgan fingerprint density at radius 2 is 2.25 bits per heavy atom. The molecule has 2 rings (SSSR count). The van der Waals surface area contributed by atoms with Crippen molar-refractivity contribution in [2.24, 2.45) is 11.8 Å². The first-order valence-corrected chi connectivity index (χ1v) is 6.47. The summed E-state index contributed by atoms with van der Waals surface area (Å²) in [6.07, 6.45) is 2.16. The summed E-state index contributed by atoms with van der Waals surface area (Å²) >= 11 is 0. The molecule has 0 spiro atoms. The Bertz CT molecular complexity index is 546. The molecule has 0 amide bonds. The van der Waals surface area contributed by atoms with Gasteiger partial charge in [-0.1, -0.05) is 6.92 Å². The van der Waals surface area contributed by atoms with Crippen molar-refractivity contribution >= 4 is 17.5 Å². The summed E-state index contributed by atoms with van der Waals surface area (Å²) < 4.78 is 0. The van der Waals surface area contributed by atoms with E-state index in [1.54, 1.807) is 18.0 Å². The van der Waals surface area contributed by atoms with Crippen LogP contribution in [0.1, 0.15) is 18.9 Å². The van der Waals surface area contributed by atoms with Crippen molar-refractivity contribution in [2.45, 2.75) is 20.3 Å². The van der Waals surface area contributed by atoms with E-state index in [0.717, 1.165) is 0 Å². The summed E-state index contributed by atoms with van der Waals surface area (Å²) in [5.74, 6) is -0.955. The van der Waals surface area contributed by atoms with Crippen molar-refractivity contribution in [1.29, 1.82) is 0 Å². The van der Waals surface area contributed by atoms with E-state index in [9.17, 15) is 14.9 Å². The highest BCUT2D eigenvalue weighted by Crippen LogP contribution is 2.31. The van der Waals surface area contributed by atoms with Crippen molar-refractivity contribution in [3.8, 4) is 0 Å². The van der Waals surface area contributed by atoms with Gasteiger partial charge >= 0.3 is 11.7 Å². The molecule has 0 radical (unpaired) electrons. The van der Waals surface area contributed by atoms with E-state index in [2.05, 4.69) is 4.98 Å². The van der Waals surface area contributed by atoms with Gasteiger partial charge in [0.2, 0.25) is 5.82 Å². The Balaban J connectivity index is 2.35. The number of nitrogens with zero attached hydrogens (tertiary/aromatic N) is 3. The number of piperidine rings is 1. The molecule has 20 heavy (non-hydrogen) atoms. The predicted molar refractivity (Wildman–Crippen MR) is 72.7 cm³/mol. The van der Waals surface area contributed by atoms with Crippen LogP contribution in [0.5, 0.6) is 0 Å². The summed E-state index contributed by atoms with van der Waals surface area (Å²) in [5.41, 5.74) is 0.642. The van der Waals surface area contributed by atoms with Gasteiger partial charge < -0.3 is 10.0 Å². The zero-order valence-electron chi connectivity index (χ0n) is 11.4. The summed E-state index contributed by atoms with van der Waals surface area (Å²) in [6.45, 7) is 4.53. The molecule has 7 heteroatoms. The number of carboxylic acid groups (broad SMARTS) is 1. The van der Waals surface area contributed by atoms with E-state index < -0.39 is 16.8 Å². The van der Waals surface area contributed by atoms with Crippen LogP contribution in [0, 0.1) is 28.9 Å². The minimum absolute atomic E-state index is 0.0664. The van der Waals surface area contributed by atoms with Crippen LogP contribution < -0.4 is 4.90 Å². The zero-order valence-corrected chi connectivity index (χ0v) is 11.4. The maximum Gasteiger partial charge on any atom is 0.311 e.